The van der Waals surface area contributed by atoms with Crippen molar-refractivity contribution in [2.24, 2.45) is 0 Å². The van der Waals surface area contributed by atoms with Crippen molar-refractivity contribution in [3.63, 3.8) is 0 Å². The van der Waals surface area contributed by atoms with Crippen LogP contribution in [0.3, 0.4) is 0 Å². The van der Waals surface area contributed by atoms with Crippen molar-refractivity contribution in [1.82, 2.24) is 10.2 Å². The lowest BCUT2D eigenvalue weighted by Crippen LogP contribution is -2.41. The molecule has 0 aliphatic heterocycles. The van der Waals surface area contributed by atoms with Crippen LogP contribution in [0.25, 0.3) is 0 Å². The van der Waals surface area contributed by atoms with Crippen molar-refractivity contribution in [3.05, 3.63) is 0 Å². The zero-order valence-corrected chi connectivity index (χ0v) is 10.4. The summed E-state index contributed by atoms with van der Waals surface area (Å²) in [4.78, 5) is 1.52. The minimum absolute atomic E-state index is 0.00470. The second-order valence-electron chi connectivity index (χ2n) is 4.18. The molecule has 98 valence electrons. The molecule has 0 heterocycles. The van der Waals surface area contributed by atoms with E-state index in [9.17, 15) is 13.2 Å². The number of alkyl halides is 3. The highest BCUT2D eigenvalue weighted by Gasteiger charge is 2.31. The van der Waals surface area contributed by atoms with Gasteiger partial charge < -0.3 is 5.32 Å². The maximum absolute atomic E-state index is 12.3. The average molecular weight is 240 g/mol. The molecule has 0 aliphatic rings. The molecule has 0 aliphatic carbocycles. The van der Waals surface area contributed by atoms with Crippen LogP contribution < -0.4 is 5.32 Å². The molecule has 16 heavy (non-hydrogen) atoms. The summed E-state index contributed by atoms with van der Waals surface area (Å²) in [7, 11) is 1.85. The maximum Gasteiger partial charge on any atom is 0.401 e. The number of nitrogens with one attached hydrogen (secondary N) is 1. The van der Waals surface area contributed by atoms with E-state index in [-0.39, 0.29) is 6.04 Å². The van der Waals surface area contributed by atoms with Gasteiger partial charge in [-0.3, -0.25) is 4.90 Å². The summed E-state index contributed by atoms with van der Waals surface area (Å²) >= 11 is 0. The predicted octanol–water partition coefficient (Wildman–Crippen LogP) is 2.65. The Balaban J connectivity index is 4.07. The van der Waals surface area contributed by atoms with E-state index in [4.69, 9.17) is 0 Å². The molecule has 2 nitrogen and oxygen atoms in total. The van der Waals surface area contributed by atoms with Crippen molar-refractivity contribution >= 4 is 0 Å². The highest BCUT2D eigenvalue weighted by molar-refractivity contribution is 4.70. The third kappa shape index (κ3) is 7.93. The fraction of sp³-hybridized carbons (Fsp3) is 1.00. The molecule has 0 fully saturated rings. The Morgan fingerprint density at radius 2 is 1.94 bits per heavy atom. The Morgan fingerprint density at radius 3 is 2.38 bits per heavy atom. The molecule has 0 bridgehead atoms. The van der Waals surface area contributed by atoms with E-state index in [2.05, 4.69) is 5.32 Å². The first-order valence-electron chi connectivity index (χ1n) is 5.86. The van der Waals surface area contributed by atoms with Crippen molar-refractivity contribution in [1.29, 1.82) is 0 Å². The van der Waals surface area contributed by atoms with Crippen molar-refractivity contribution in [2.75, 3.05) is 26.7 Å². The topological polar surface area (TPSA) is 15.3 Å². The third-order valence-corrected chi connectivity index (χ3v) is 2.57. The van der Waals surface area contributed by atoms with Crippen LogP contribution in [0.1, 0.15) is 33.1 Å². The van der Waals surface area contributed by atoms with Crippen molar-refractivity contribution in [3.8, 4) is 0 Å². The molecule has 0 aromatic rings. The van der Waals surface area contributed by atoms with Gasteiger partial charge in [0.1, 0.15) is 0 Å². The normalized spacial score (nSPS) is 14.4. The Bertz CT molecular complexity index is 171. The molecule has 0 aromatic heterocycles. The summed E-state index contributed by atoms with van der Waals surface area (Å²) in [6.07, 6.45) is -1.62. The molecular formula is C11H23F3N2. The van der Waals surface area contributed by atoms with Crippen LogP contribution in [0.4, 0.5) is 13.2 Å². The standard InChI is InChI=1S/C11H23F3N2/c1-4-8-16(9-11(12,13)14)10(2)6-5-7-15-3/h10,15H,4-9H2,1-3H3. The van der Waals surface area contributed by atoms with Gasteiger partial charge in [-0.25, -0.2) is 0 Å². The van der Waals surface area contributed by atoms with Crippen LogP contribution in [0.15, 0.2) is 0 Å². The fourth-order valence-electron chi connectivity index (χ4n) is 1.73. The average Bonchev–Trinajstić information content (AvgIpc) is 2.15. The minimum Gasteiger partial charge on any atom is -0.320 e. The summed E-state index contributed by atoms with van der Waals surface area (Å²) < 4.78 is 37.0. The van der Waals surface area contributed by atoms with Gasteiger partial charge in [-0.05, 0) is 46.3 Å². The van der Waals surface area contributed by atoms with Gasteiger partial charge in [0.2, 0.25) is 0 Å². The summed E-state index contributed by atoms with van der Waals surface area (Å²) in [6.45, 7) is 4.36. The molecule has 0 saturated heterocycles. The van der Waals surface area contributed by atoms with E-state index in [1.54, 1.807) is 0 Å². The van der Waals surface area contributed by atoms with Crippen LogP contribution >= 0.6 is 0 Å². The largest absolute Gasteiger partial charge is 0.401 e. The van der Waals surface area contributed by atoms with Gasteiger partial charge in [0.25, 0.3) is 0 Å². The van der Waals surface area contributed by atoms with Crippen molar-refractivity contribution in [2.45, 2.75) is 45.3 Å². The lowest BCUT2D eigenvalue weighted by Gasteiger charge is -2.29. The Hall–Kier alpha value is -0.290. The van der Waals surface area contributed by atoms with Crippen LogP contribution in [0, 0.1) is 0 Å². The molecule has 1 atom stereocenters. The monoisotopic (exact) mass is 240 g/mol. The molecular weight excluding hydrogens is 217 g/mol. The van der Waals surface area contributed by atoms with Crippen molar-refractivity contribution < 1.29 is 13.2 Å². The first-order valence-corrected chi connectivity index (χ1v) is 5.86. The van der Waals surface area contributed by atoms with Gasteiger partial charge in [0.05, 0.1) is 6.54 Å². The van der Waals surface area contributed by atoms with Crippen LogP contribution in [-0.4, -0.2) is 43.8 Å². The van der Waals surface area contributed by atoms with E-state index in [1.807, 2.05) is 20.9 Å². The number of hydrogen-bond donors (Lipinski definition) is 1. The highest BCUT2D eigenvalue weighted by Crippen LogP contribution is 2.19. The number of halogens is 3. The van der Waals surface area contributed by atoms with E-state index in [0.29, 0.717) is 6.54 Å². The second kappa shape index (κ2) is 7.90. The van der Waals surface area contributed by atoms with Gasteiger partial charge in [0, 0.05) is 6.04 Å². The molecule has 0 aromatic carbocycles. The lowest BCUT2D eigenvalue weighted by molar-refractivity contribution is -0.150. The molecule has 0 rings (SSSR count). The molecule has 0 radical (unpaired) electrons. The SMILES string of the molecule is CCCN(CC(F)(F)F)C(C)CCCNC. The predicted molar refractivity (Wildman–Crippen MR) is 60.5 cm³/mol. The van der Waals surface area contributed by atoms with Gasteiger partial charge in [-0.15, -0.1) is 0 Å². The molecule has 1 N–H and O–H groups in total. The van der Waals surface area contributed by atoms with Crippen LogP contribution in [0.5, 0.6) is 0 Å². The molecule has 0 amide bonds. The van der Waals surface area contributed by atoms with Gasteiger partial charge in [-0.1, -0.05) is 6.92 Å². The van der Waals surface area contributed by atoms with Gasteiger partial charge >= 0.3 is 6.18 Å². The molecule has 0 saturated carbocycles. The Kier molecular flexibility index (Phi) is 7.76. The molecule has 5 heteroatoms. The van der Waals surface area contributed by atoms with E-state index < -0.39 is 12.7 Å². The first kappa shape index (κ1) is 15.7. The second-order valence-corrected chi connectivity index (χ2v) is 4.18. The molecule has 1 unspecified atom stereocenters. The van der Waals surface area contributed by atoms with Crippen LogP contribution in [-0.2, 0) is 0 Å². The zero-order chi connectivity index (χ0) is 12.6. The minimum atomic E-state index is -4.09. The number of rotatable bonds is 8. The van der Waals surface area contributed by atoms with E-state index in [1.165, 1.54) is 4.90 Å². The number of hydrogen-bond acceptors (Lipinski definition) is 2. The Labute approximate surface area is 96.2 Å². The number of nitrogens with zero attached hydrogens (tertiary/aromatic N) is 1. The zero-order valence-electron chi connectivity index (χ0n) is 10.4. The van der Waals surface area contributed by atoms with Crippen LogP contribution in [0.2, 0.25) is 0 Å². The Morgan fingerprint density at radius 1 is 1.31 bits per heavy atom. The molecule has 0 spiro atoms. The summed E-state index contributed by atoms with van der Waals surface area (Å²) in [5, 5.41) is 3.00. The lowest BCUT2D eigenvalue weighted by atomic mass is 10.1. The van der Waals surface area contributed by atoms with E-state index >= 15 is 0 Å². The van der Waals surface area contributed by atoms with Gasteiger partial charge in [-0.2, -0.15) is 13.2 Å². The van der Waals surface area contributed by atoms with Gasteiger partial charge in [0.15, 0.2) is 0 Å². The smallest absolute Gasteiger partial charge is 0.320 e. The highest BCUT2D eigenvalue weighted by atomic mass is 19.4. The quantitative estimate of drug-likeness (QED) is 0.656. The first-order chi connectivity index (χ1) is 7.40. The third-order valence-electron chi connectivity index (χ3n) is 2.57. The summed E-state index contributed by atoms with van der Waals surface area (Å²) in [5.74, 6) is 0. The maximum atomic E-state index is 12.3. The summed E-state index contributed by atoms with van der Waals surface area (Å²) in [5.41, 5.74) is 0. The summed E-state index contributed by atoms with van der Waals surface area (Å²) in [6, 6.07) is -0.00470. The fourth-order valence-corrected chi connectivity index (χ4v) is 1.73. The van der Waals surface area contributed by atoms with E-state index in [0.717, 1.165) is 25.8 Å².